The number of aromatic nitrogens is 1. The molecule has 0 bridgehead atoms. The highest BCUT2D eigenvalue weighted by atomic mass is 16.4. The van der Waals surface area contributed by atoms with Crippen molar-refractivity contribution in [1.29, 1.82) is 0 Å². The van der Waals surface area contributed by atoms with E-state index in [0.717, 1.165) is 5.56 Å². The molecule has 0 fully saturated rings. The summed E-state index contributed by atoms with van der Waals surface area (Å²) < 4.78 is 5.49. The molecule has 1 heterocycles. The van der Waals surface area contributed by atoms with Crippen molar-refractivity contribution < 1.29 is 9.21 Å². The van der Waals surface area contributed by atoms with Gasteiger partial charge in [0, 0.05) is 6.08 Å². The first-order valence-electron chi connectivity index (χ1n) is 6.59. The summed E-state index contributed by atoms with van der Waals surface area (Å²) in [6.45, 7) is 0. The van der Waals surface area contributed by atoms with Gasteiger partial charge in [0.2, 0.25) is 0 Å². The Morgan fingerprint density at radius 3 is 2.41 bits per heavy atom. The Labute approximate surface area is 124 Å². The summed E-state index contributed by atoms with van der Waals surface area (Å²) >= 11 is 0. The predicted octanol–water partition coefficient (Wildman–Crippen LogP) is 2.31. The summed E-state index contributed by atoms with van der Waals surface area (Å²) in [4.78, 5) is 36.2. The van der Waals surface area contributed by atoms with E-state index in [1.165, 1.54) is 24.3 Å². The largest absolute Gasteiger partial charge is 0.429 e. The molecule has 0 aliphatic rings. The minimum Gasteiger partial charge on any atom is -0.409 e. The fraction of sp³-hybridized carbons (Fsp3) is 0. The Morgan fingerprint density at radius 1 is 0.955 bits per heavy atom. The first kappa shape index (κ1) is 13.8. The third-order valence-corrected chi connectivity index (χ3v) is 3.14. The topological polar surface area (TPSA) is 69.3 Å². The summed E-state index contributed by atoms with van der Waals surface area (Å²) in [6, 6.07) is 15.4. The number of hydrogen-bond acceptors (Lipinski definition) is 4. The molecule has 3 aromatic rings. The highest BCUT2D eigenvalue weighted by Crippen LogP contribution is 2.06. The Bertz CT molecular complexity index is 981. The van der Waals surface area contributed by atoms with Gasteiger partial charge in [-0.25, -0.2) is 4.79 Å². The van der Waals surface area contributed by atoms with Crippen molar-refractivity contribution in [1.82, 2.24) is 4.57 Å². The van der Waals surface area contributed by atoms with Crippen molar-refractivity contribution in [3.8, 4) is 0 Å². The van der Waals surface area contributed by atoms with E-state index in [1.807, 2.05) is 18.2 Å². The quantitative estimate of drug-likeness (QED) is 0.680. The van der Waals surface area contributed by atoms with Crippen LogP contribution in [0.15, 0.2) is 74.7 Å². The number of carbonyl (C=O) groups is 1. The van der Waals surface area contributed by atoms with Gasteiger partial charge in [0.15, 0.2) is 0 Å². The van der Waals surface area contributed by atoms with Gasteiger partial charge < -0.3 is 4.42 Å². The van der Waals surface area contributed by atoms with E-state index >= 15 is 0 Å². The number of allylic oxidation sites excluding steroid dienone is 1. The van der Waals surface area contributed by atoms with Crippen LogP contribution in [0.2, 0.25) is 0 Å². The van der Waals surface area contributed by atoms with Gasteiger partial charge in [-0.15, -0.1) is 0 Å². The summed E-state index contributed by atoms with van der Waals surface area (Å²) in [5.41, 5.74) is 0.261. The lowest BCUT2D eigenvalue weighted by molar-refractivity contribution is 0.0953. The predicted molar refractivity (Wildman–Crippen MR) is 82.8 cm³/mol. The smallest absolute Gasteiger partial charge is 0.409 e. The molecule has 22 heavy (non-hydrogen) atoms. The summed E-state index contributed by atoms with van der Waals surface area (Å²) in [7, 11) is 0. The minimum atomic E-state index is -0.994. The van der Waals surface area contributed by atoms with E-state index in [-0.39, 0.29) is 11.0 Å². The number of carbonyl (C=O) groups excluding carboxylic acids is 1. The first-order chi connectivity index (χ1) is 10.7. The average Bonchev–Trinajstić information content (AvgIpc) is 2.54. The first-order valence-corrected chi connectivity index (χ1v) is 6.59. The van der Waals surface area contributed by atoms with Gasteiger partial charge in [0.1, 0.15) is 5.58 Å². The van der Waals surface area contributed by atoms with Gasteiger partial charge >= 0.3 is 5.76 Å². The maximum atomic E-state index is 12.3. The van der Waals surface area contributed by atoms with Crippen LogP contribution in [-0.2, 0) is 0 Å². The fourth-order valence-electron chi connectivity index (χ4n) is 2.07. The third-order valence-electron chi connectivity index (χ3n) is 3.14. The Morgan fingerprint density at radius 2 is 1.64 bits per heavy atom. The van der Waals surface area contributed by atoms with Crippen LogP contribution < -0.4 is 11.3 Å². The van der Waals surface area contributed by atoms with Gasteiger partial charge in [0.25, 0.3) is 11.5 Å². The number of fused-ring (bicyclic) bond motifs is 1. The Hall–Kier alpha value is -3.21. The second kappa shape index (κ2) is 5.65. The fourth-order valence-corrected chi connectivity index (χ4v) is 2.07. The van der Waals surface area contributed by atoms with Crippen LogP contribution in [0.25, 0.3) is 17.0 Å². The molecule has 0 spiro atoms. The summed E-state index contributed by atoms with van der Waals surface area (Å²) in [5.74, 6) is -1.74. The van der Waals surface area contributed by atoms with Crippen LogP contribution in [0.4, 0.5) is 0 Å². The molecule has 108 valence electrons. The zero-order chi connectivity index (χ0) is 15.5. The molecule has 3 rings (SSSR count). The second-order valence-electron chi connectivity index (χ2n) is 4.59. The van der Waals surface area contributed by atoms with E-state index in [1.54, 1.807) is 24.3 Å². The van der Waals surface area contributed by atoms with Crippen molar-refractivity contribution >= 4 is 23.0 Å². The van der Waals surface area contributed by atoms with Crippen molar-refractivity contribution in [3.63, 3.8) is 0 Å². The van der Waals surface area contributed by atoms with Gasteiger partial charge in [-0.05, 0) is 23.8 Å². The zero-order valence-corrected chi connectivity index (χ0v) is 11.4. The van der Waals surface area contributed by atoms with Crippen LogP contribution in [0.5, 0.6) is 0 Å². The van der Waals surface area contributed by atoms with E-state index in [0.29, 0.717) is 4.57 Å². The van der Waals surface area contributed by atoms with Gasteiger partial charge in [-0.1, -0.05) is 42.5 Å². The number of para-hydroxylation sites is 1. The molecule has 5 heteroatoms. The molecule has 0 radical (unpaired) electrons. The standard InChI is InChI=1S/C17H11NO4/c19-15(11-10-12-6-2-1-3-7-12)18-16(20)13-8-4-5-9-14(13)22-17(18)21/h1-11H/b11-10+. The van der Waals surface area contributed by atoms with Gasteiger partial charge in [-0.3, -0.25) is 9.59 Å². The second-order valence-corrected chi connectivity index (χ2v) is 4.59. The summed E-state index contributed by atoms with van der Waals surface area (Å²) in [5, 5.41) is 0.184. The number of hydrogen-bond donors (Lipinski definition) is 0. The van der Waals surface area contributed by atoms with Crippen LogP contribution in [0, 0.1) is 0 Å². The van der Waals surface area contributed by atoms with Crippen molar-refractivity contribution in [2.45, 2.75) is 0 Å². The molecule has 0 aliphatic heterocycles. The molecular weight excluding hydrogens is 282 g/mol. The monoisotopic (exact) mass is 293 g/mol. The highest BCUT2D eigenvalue weighted by molar-refractivity contribution is 5.94. The van der Waals surface area contributed by atoms with Crippen molar-refractivity contribution in [3.05, 3.63) is 87.1 Å². The molecule has 1 aromatic heterocycles. The third kappa shape index (κ3) is 2.52. The molecule has 0 aliphatic carbocycles. The van der Waals surface area contributed by atoms with E-state index in [9.17, 15) is 14.4 Å². The number of rotatable bonds is 2. The molecule has 0 saturated carbocycles. The Kier molecular flexibility index (Phi) is 3.53. The van der Waals surface area contributed by atoms with E-state index in [2.05, 4.69) is 0 Å². The van der Waals surface area contributed by atoms with E-state index < -0.39 is 17.2 Å². The molecule has 0 atom stereocenters. The maximum Gasteiger partial charge on any atom is 0.429 e. The lowest BCUT2D eigenvalue weighted by atomic mass is 10.2. The van der Waals surface area contributed by atoms with E-state index in [4.69, 9.17) is 4.42 Å². The zero-order valence-electron chi connectivity index (χ0n) is 11.4. The molecule has 5 nitrogen and oxygen atoms in total. The lowest BCUT2D eigenvalue weighted by Crippen LogP contribution is -2.36. The molecule has 0 saturated heterocycles. The maximum absolute atomic E-state index is 12.3. The molecular formula is C17H11NO4. The Balaban J connectivity index is 2.07. The molecule has 2 aromatic carbocycles. The average molecular weight is 293 g/mol. The summed E-state index contributed by atoms with van der Waals surface area (Å²) in [6.07, 6.45) is 2.70. The van der Waals surface area contributed by atoms with Crippen LogP contribution in [0.1, 0.15) is 10.4 Å². The number of benzene rings is 2. The molecule has 0 N–H and O–H groups in total. The van der Waals surface area contributed by atoms with Crippen LogP contribution in [0.3, 0.4) is 0 Å². The van der Waals surface area contributed by atoms with Crippen LogP contribution in [-0.4, -0.2) is 10.5 Å². The SMILES string of the molecule is O=C(/C=C/c1ccccc1)n1c(=O)oc2ccccc2c1=O. The van der Waals surface area contributed by atoms with Crippen LogP contribution >= 0.6 is 0 Å². The highest BCUT2D eigenvalue weighted by Gasteiger charge is 2.13. The van der Waals surface area contributed by atoms with Crippen molar-refractivity contribution in [2.24, 2.45) is 0 Å². The van der Waals surface area contributed by atoms with Crippen molar-refractivity contribution in [2.75, 3.05) is 0 Å². The number of nitrogens with zero attached hydrogens (tertiary/aromatic N) is 1. The molecule has 0 unspecified atom stereocenters. The molecule has 0 amide bonds. The normalized spacial score (nSPS) is 11.1. The lowest BCUT2D eigenvalue weighted by Gasteiger charge is -2.00. The minimum absolute atomic E-state index is 0.161. The van der Waals surface area contributed by atoms with Gasteiger partial charge in [-0.2, -0.15) is 4.57 Å². The van der Waals surface area contributed by atoms with Gasteiger partial charge in [0.05, 0.1) is 5.39 Å².